The van der Waals surface area contributed by atoms with Crippen molar-refractivity contribution in [2.24, 2.45) is 0 Å². The molecule has 1 atom stereocenters. The van der Waals surface area contributed by atoms with Crippen LogP contribution >= 0.6 is 39.0 Å². The fraction of sp³-hybridized carbons (Fsp3) is 0.172. The highest BCUT2D eigenvalue weighted by Gasteiger charge is 2.48. The molecule has 0 aliphatic carbocycles. The zero-order chi connectivity index (χ0) is 28.2. The molecule has 1 saturated heterocycles. The molecular weight excluding hydrogens is 617 g/mol. The molecule has 4 aromatic rings. The third kappa shape index (κ3) is 5.96. The SMILES string of the molecule is CCCOc1ccc(/C(O)=C2/C(=O)C(=O)N(c3nnc(SCc4ccc(F)cc4)s3)C2c2cccc(Br)c2)cc1. The summed E-state index contributed by atoms with van der Waals surface area (Å²) in [6.07, 6.45) is 0.857. The Morgan fingerprint density at radius 1 is 1.10 bits per heavy atom. The van der Waals surface area contributed by atoms with Gasteiger partial charge in [-0.2, -0.15) is 0 Å². The molecule has 0 bridgehead atoms. The first kappa shape index (κ1) is 28.0. The van der Waals surface area contributed by atoms with Gasteiger partial charge in [0.2, 0.25) is 5.13 Å². The van der Waals surface area contributed by atoms with Crippen LogP contribution in [0.2, 0.25) is 0 Å². The van der Waals surface area contributed by atoms with Crippen molar-refractivity contribution in [1.82, 2.24) is 10.2 Å². The van der Waals surface area contributed by atoms with Gasteiger partial charge in [0.15, 0.2) is 4.34 Å². The number of anilines is 1. The Hall–Kier alpha value is -3.54. The highest BCUT2D eigenvalue weighted by atomic mass is 79.9. The zero-order valence-electron chi connectivity index (χ0n) is 21.2. The van der Waals surface area contributed by atoms with Crippen molar-refractivity contribution in [2.75, 3.05) is 11.5 Å². The van der Waals surface area contributed by atoms with Gasteiger partial charge in [0, 0.05) is 15.8 Å². The van der Waals surface area contributed by atoms with Gasteiger partial charge in [-0.15, -0.1) is 10.2 Å². The van der Waals surface area contributed by atoms with E-state index in [1.807, 2.05) is 13.0 Å². The minimum atomic E-state index is -0.920. The van der Waals surface area contributed by atoms with Crippen LogP contribution < -0.4 is 9.64 Å². The van der Waals surface area contributed by atoms with Crippen molar-refractivity contribution < 1.29 is 23.8 Å². The summed E-state index contributed by atoms with van der Waals surface area (Å²) >= 11 is 6.02. The first-order chi connectivity index (χ1) is 19.4. The van der Waals surface area contributed by atoms with Gasteiger partial charge < -0.3 is 9.84 Å². The maximum Gasteiger partial charge on any atom is 0.301 e. The maximum atomic E-state index is 13.4. The Balaban J connectivity index is 1.50. The molecule has 204 valence electrons. The molecule has 40 heavy (non-hydrogen) atoms. The number of halogens is 2. The van der Waals surface area contributed by atoms with Gasteiger partial charge in [0.05, 0.1) is 18.2 Å². The van der Waals surface area contributed by atoms with Gasteiger partial charge in [-0.3, -0.25) is 14.5 Å². The summed E-state index contributed by atoms with van der Waals surface area (Å²) in [6.45, 7) is 2.57. The smallest absolute Gasteiger partial charge is 0.301 e. The van der Waals surface area contributed by atoms with E-state index in [0.29, 0.717) is 33.6 Å². The number of carbonyl (C=O) groups excluding carboxylic acids is 2. The number of rotatable bonds is 9. The van der Waals surface area contributed by atoms with Gasteiger partial charge >= 0.3 is 5.91 Å². The molecule has 11 heteroatoms. The van der Waals surface area contributed by atoms with E-state index in [9.17, 15) is 19.1 Å². The molecule has 5 rings (SSSR count). The molecule has 1 amide bonds. The van der Waals surface area contributed by atoms with Crippen molar-refractivity contribution in [2.45, 2.75) is 29.5 Å². The number of aromatic nitrogens is 2. The number of hydrogen-bond acceptors (Lipinski definition) is 8. The van der Waals surface area contributed by atoms with Gasteiger partial charge in [-0.25, -0.2) is 4.39 Å². The summed E-state index contributed by atoms with van der Waals surface area (Å²) in [5.41, 5.74) is 1.87. The lowest BCUT2D eigenvalue weighted by Gasteiger charge is -2.22. The third-order valence-electron chi connectivity index (χ3n) is 6.09. The molecule has 3 aromatic carbocycles. The summed E-state index contributed by atoms with van der Waals surface area (Å²) < 4.78 is 20.2. The summed E-state index contributed by atoms with van der Waals surface area (Å²) in [5, 5.41) is 20.0. The number of Topliss-reactive ketones (excluding diaryl/α,β-unsaturated/α-hetero) is 1. The van der Waals surface area contributed by atoms with Gasteiger partial charge in [0.25, 0.3) is 5.78 Å². The van der Waals surface area contributed by atoms with Crippen LogP contribution in [0.25, 0.3) is 5.76 Å². The molecule has 1 fully saturated rings. The number of thioether (sulfide) groups is 1. The van der Waals surface area contributed by atoms with E-state index in [1.165, 1.54) is 40.1 Å². The lowest BCUT2D eigenvalue weighted by Crippen LogP contribution is -2.29. The summed E-state index contributed by atoms with van der Waals surface area (Å²) in [5.74, 6) is -1.05. The van der Waals surface area contributed by atoms with Gasteiger partial charge in [-0.05, 0) is 66.1 Å². The van der Waals surface area contributed by atoms with Crippen LogP contribution in [-0.4, -0.2) is 33.6 Å². The highest BCUT2D eigenvalue weighted by Crippen LogP contribution is 2.44. The second-order valence-electron chi connectivity index (χ2n) is 8.86. The van der Waals surface area contributed by atoms with Crippen molar-refractivity contribution in [3.8, 4) is 5.75 Å². The molecule has 1 aliphatic heterocycles. The quantitative estimate of drug-likeness (QED) is 0.0683. The van der Waals surface area contributed by atoms with E-state index in [1.54, 1.807) is 54.6 Å². The minimum Gasteiger partial charge on any atom is -0.507 e. The van der Waals surface area contributed by atoms with Crippen molar-refractivity contribution in [1.29, 1.82) is 0 Å². The van der Waals surface area contributed by atoms with Crippen molar-refractivity contribution in [3.05, 3.63) is 105 Å². The number of benzene rings is 3. The Morgan fingerprint density at radius 3 is 2.55 bits per heavy atom. The van der Waals surface area contributed by atoms with Crippen LogP contribution in [0.3, 0.4) is 0 Å². The summed E-state index contributed by atoms with van der Waals surface area (Å²) in [7, 11) is 0. The number of ketones is 1. The summed E-state index contributed by atoms with van der Waals surface area (Å²) in [6, 6.07) is 19.2. The van der Waals surface area contributed by atoms with E-state index in [0.717, 1.165) is 16.5 Å². The van der Waals surface area contributed by atoms with Crippen LogP contribution in [0.15, 0.2) is 87.2 Å². The van der Waals surface area contributed by atoms with Crippen LogP contribution in [0.1, 0.15) is 36.1 Å². The normalized spacial score (nSPS) is 16.5. The fourth-order valence-corrected chi connectivity index (χ4v) is 6.43. The monoisotopic (exact) mass is 639 g/mol. The van der Waals surface area contributed by atoms with Crippen LogP contribution in [-0.2, 0) is 15.3 Å². The van der Waals surface area contributed by atoms with Crippen molar-refractivity contribution in [3.63, 3.8) is 0 Å². The van der Waals surface area contributed by atoms with E-state index < -0.39 is 17.7 Å². The number of hydrogen-bond donors (Lipinski definition) is 1. The molecule has 1 aliphatic rings. The minimum absolute atomic E-state index is 0.0407. The predicted molar refractivity (Wildman–Crippen MR) is 157 cm³/mol. The lowest BCUT2D eigenvalue weighted by molar-refractivity contribution is -0.132. The van der Waals surface area contributed by atoms with Gasteiger partial charge in [-0.1, -0.05) is 70.2 Å². The predicted octanol–water partition coefficient (Wildman–Crippen LogP) is 7.15. The lowest BCUT2D eigenvalue weighted by atomic mass is 9.95. The molecule has 1 N–H and O–H groups in total. The number of nitrogens with zero attached hydrogens (tertiary/aromatic N) is 3. The average molecular weight is 641 g/mol. The highest BCUT2D eigenvalue weighted by molar-refractivity contribution is 9.10. The number of aliphatic hydroxyl groups is 1. The maximum absolute atomic E-state index is 13.4. The Labute approximate surface area is 246 Å². The molecule has 1 aromatic heterocycles. The van der Waals surface area contributed by atoms with Gasteiger partial charge in [0.1, 0.15) is 17.3 Å². The number of aliphatic hydroxyl groups excluding tert-OH is 1. The number of amides is 1. The second-order valence-corrected chi connectivity index (χ2v) is 12.0. The Morgan fingerprint density at radius 2 is 1.85 bits per heavy atom. The molecule has 2 heterocycles. The average Bonchev–Trinajstić information content (AvgIpc) is 3.53. The number of ether oxygens (including phenoxy) is 1. The molecule has 7 nitrogen and oxygen atoms in total. The van der Waals surface area contributed by atoms with E-state index >= 15 is 0 Å². The zero-order valence-corrected chi connectivity index (χ0v) is 24.4. The molecule has 1 unspecified atom stereocenters. The first-order valence-corrected chi connectivity index (χ1v) is 15.0. The van der Waals surface area contributed by atoms with Crippen LogP contribution in [0.4, 0.5) is 9.52 Å². The molecular formula is C29H23BrFN3O4S2. The largest absolute Gasteiger partial charge is 0.507 e. The molecule has 0 saturated carbocycles. The first-order valence-electron chi connectivity index (χ1n) is 12.4. The topological polar surface area (TPSA) is 92.6 Å². The van der Waals surface area contributed by atoms with E-state index in [-0.39, 0.29) is 22.3 Å². The fourth-order valence-electron chi connectivity index (χ4n) is 4.19. The summed E-state index contributed by atoms with van der Waals surface area (Å²) in [4.78, 5) is 28.1. The Kier molecular flexibility index (Phi) is 8.63. The van der Waals surface area contributed by atoms with Crippen molar-refractivity contribution >= 4 is 61.6 Å². The Bertz CT molecular complexity index is 1570. The third-order valence-corrected chi connectivity index (χ3v) is 8.71. The van der Waals surface area contributed by atoms with E-state index in [4.69, 9.17) is 4.74 Å². The number of carbonyl (C=O) groups is 2. The molecule has 0 radical (unpaired) electrons. The molecule has 0 spiro atoms. The standard InChI is InChI=1S/C29H23BrFN3O4S2/c1-2-14-38-22-12-8-18(9-13-22)25(35)23-24(19-4-3-5-20(30)15-19)34(27(37)26(23)36)28-32-33-29(40-28)39-16-17-6-10-21(31)11-7-17/h3-13,15,24,35H,2,14,16H2,1H3/b25-23-. The van der Waals surface area contributed by atoms with Crippen LogP contribution in [0.5, 0.6) is 5.75 Å². The second kappa shape index (κ2) is 12.3. The van der Waals surface area contributed by atoms with E-state index in [2.05, 4.69) is 26.1 Å². The van der Waals surface area contributed by atoms with Crippen LogP contribution in [0, 0.1) is 5.82 Å².